The van der Waals surface area contributed by atoms with Gasteiger partial charge in [0, 0.05) is 63.6 Å². The van der Waals surface area contributed by atoms with Gasteiger partial charge in [0.25, 0.3) is 5.91 Å². The van der Waals surface area contributed by atoms with Crippen molar-refractivity contribution < 1.29 is 31.1 Å². The van der Waals surface area contributed by atoms with E-state index in [0.717, 1.165) is 80.1 Å². The molecule has 0 atom stereocenters. The van der Waals surface area contributed by atoms with Gasteiger partial charge in [-0.3, -0.25) is 14.0 Å². The van der Waals surface area contributed by atoms with Gasteiger partial charge in [0.15, 0.2) is 0 Å². The quantitative estimate of drug-likeness (QED) is 0.212. The number of ether oxygens (including phenoxy) is 1. The lowest BCUT2D eigenvalue weighted by atomic mass is 9.89. The van der Waals surface area contributed by atoms with Crippen LogP contribution in [0.5, 0.6) is 5.75 Å². The summed E-state index contributed by atoms with van der Waals surface area (Å²) in [5.41, 5.74) is 2.04. The molecule has 3 aliphatic rings. The Bertz CT molecular complexity index is 1920. The van der Waals surface area contributed by atoms with Gasteiger partial charge >= 0.3 is 6.18 Å². The van der Waals surface area contributed by atoms with Crippen LogP contribution in [0.15, 0.2) is 36.5 Å². The van der Waals surface area contributed by atoms with Crippen molar-refractivity contribution in [3.8, 4) is 5.75 Å². The SMILES string of the molecule is COc1cc(C(=O)NC2CCC(N3CCN(CC4CC4)CC3)CC2)c(C)cc1Nc1ncc(C(F)(F)F)c(CCc2ccc(C)cc2N(C)S(C)(=O)=O)n1. The first-order chi connectivity index (χ1) is 25.6. The van der Waals surface area contributed by atoms with Crippen LogP contribution in [0.2, 0.25) is 0 Å². The first-order valence-corrected chi connectivity index (χ1v) is 20.6. The van der Waals surface area contributed by atoms with Gasteiger partial charge in [-0.25, -0.2) is 18.4 Å². The molecule has 2 saturated carbocycles. The average molecular weight is 772 g/mol. The number of amides is 1. The maximum absolute atomic E-state index is 14.1. The fraction of sp³-hybridized carbons (Fsp3) is 0.564. The molecule has 0 bridgehead atoms. The Morgan fingerprint density at radius 1 is 1.00 bits per heavy atom. The van der Waals surface area contributed by atoms with E-state index in [-0.39, 0.29) is 36.4 Å². The Morgan fingerprint density at radius 3 is 2.33 bits per heavy atom. The number of aryl methyl sites for hydroxylation is 4. The van der Waals surface area contributed by atoms with E-state index in [2.05, 4.69) is 30.4 Å². The number of nitrogens with zero attached hydrogens (tertiary/aromatic N) is 5. The summed E-state index contributed by atoms with van der Waals surface area (Å²) in [5.74, 6) is 0.962. The highest BCUT2D eigenvalue weighted by atomic mass is 32.2. The third kappa shape index (κ3) is 9.82. The average Bonchev–Trinajstić information content (AvgIpc) is 3.95. The highest BCUT2D eigenvalue weighted by molar-refractivity contribution is 7.92. The Morgan fingerprint density at radius 2 is 1.70 bits per heavy atom. The third-order valence-corrected chi connectivity index (χ3v) is 12.3. The third-order valence-electron chi connectivity index (χ3n) is 11.1. The summed E-state index contributed by atoms with van der Waals surface area (Å²) in [5, 5.41) is 6.22. The number of aromatic nitrogens is 2. The summed E-state index contributed by atoms with van der Waals surface area (Å²) >= 11 is 0. The summed E-state index contributed by atoms with van der Waals surface area (Å²) in [6.07, 6.45) is 3.79. The molecule has 1 saturated heterocycles. The van der Waals surface area contributed by atoms with Crippen molar-refractivity contribution in [1.82, 2.24) is 25.1 Å². The lowest BCUT2D eigenvalue weighted by Crippen LogP contribution is -2.52. The molecule has 1 amide bonds. The number of piperazine rings is 1. The second-order valence-electron chi connectivity index (χ2n) is 15.2. The molecular formula is C39H52F3N7O4S. The van der Waals surface area contributed by atoms with Crippen molar-refractivity contribution in [3.05, 3.63) is 70.0 Å². The first kappa shape index (κ1) is 39.7. The van der Waals surface area contributed by atoms with Gasteiger partial charge in [0.2, 0.25) is 16.0 Å². The molecule has 3 fully saturated rings. The number of carbonyl (C=O) groups excluding carboxylic acids is 1. The van der Waals surface area contributed by atoms with Gasteiger partial charge in [-0.2, -0.15) is 13.2 Å². The number of nitrogens with one attached hydrogen (secondary N) is 2. The highest BCUT2D eigenvalue weighted by Crippen LogP contribution is 2.35. The number of rotatable bonds is 13. The first-order valence-electron chi connectivity index (χ1n) is 18.8. The van der Waals surface area contributed by atoms with Gasteiger partial charge in [0.05, 0.1) is 36.0 Å². The van der Waals surface area contributed by atoms with Crippen LogP contribution in [0.25, 0.3) is 0 Å². The molecule has 2 aliphatic carbocycles. The van der Waals surface area contributed by atoms with Crippen LogP contribution >= 0.6 is 0 Å². The molecule has 0 unspecified atom stereocenters. The van der Waals surface area contributed by atoms with Crippen LogP contribution in [-0.2, 0) is 29.0 Å². The van der Waals surface area contributed by atoms with Crippen LogP contribution < -0.4 is 19.7 Å². The smallest absolute Gasteiger partial charge is 0.419 e. The molecule has 15 heteroatoms. The molecule has 1 aromatic heterocycles. The summed E-state index contributed by atoms with van der Waals surface area (Å²) in [4.78, 5) is 27.0. The van der Waals surface area contributed by atoms with E-state index in [4.69, 9.17) is 4.74 Å². The molecule has 2 aromatic carbocycles. The van der Waals surface area contributed by atoms with Crippen molar-refractivity contribution >= 4 is 33.3 Å². The van der Waals surface area contributed by atoms with Gasteiger partial charge in [-0.1, -0.05) is 12.1 Å². The molecule has 2 heterocycles. The zero-order chi connectivity index (χ0) is 38.8. The number of sulfonamides is 1. The lowest BCUT2D eigenvalue weighted by molar-refractivity contribution is -0.138. The van der Waals surface area contributed by atoms with Gasteiger partial charge in [-0.15, -0.1) is 0 Å². The van der Waals surface area contributed by atoms with Gasteiger partial charge < -0.3 is 20.3 Å². The Kier molecular flexibility index (Phi) is 12.1. The minimum Gasteiger partial charge on any atom is -0.495 e. The van der Waals surface area contributed by atoms with Crippen LogP contribution in [0, 0.1) is 19.8 Å². The molecule has 1 aliphatic heterocycles. The van der Waals surface area contributed by atoms with E-state index in [1.165, 1.54) is 33.5 Å². The Hall–Kier alpha value is -3.95. The number of benzene rings is 2. The normalized spacial score (nSPS) is 20.1. The molecule has 294 valence electrons. The Labute approximate surface area is 316 Å². The number of halogens is 3. The minimum atomic E-state index is -4.71. The number of alkyl halides is 3. The predicted octanol–water partition coefficient (Wildman–Crippen LogP) is 6.11. The van der Waals surface area contributed by atoms with Crippen LogP contribution in [-0.4, -0.2) is 99.3 Å². The van der Waals surface area contributed by atoms with Crippen molar-refractivity contribution in [1.29, 1.82) is 0 Å². The van der Waals surface area contributed by atoms with Crippen molar-refractivity contribution in [2.75, 3.05) is 62.8 Å². The van der Waals surface area contributed by atoms with E-state index < -0.39 is 21.8 Å². The van der Waals surface area contributed by atoms with Crippen molar-refractivity contribution in [2.45, 2.75) is 83.5 Å². The molecule has 0 spiro atoms. The fourth-order valence-corrected chi connectivity index (χ4v) is 8.19. The number of methoxy groups -OCH3 is 1. The number of hydrogen-bond acceptors (Lipinski definition) is 9. The molecule has 2 N–H and O–H groups in total. The van der Waals surface area contributed by atoms with Crippen LogP contribution in [0.3, 0.4) is 0 Å². The van der Waals surface area contributed by atoms with Gasteiger partial charge in [-0.05, 0) is 106 Å². The van der Waals surface area contributed by atoms with Crippen LogP contribution in [0.1, 0.15) is 76.8 Å². The standard InChI is InChI=1S/C39H52F3N7O4S/c1-25-6-9-28(35(20-25)47(3)54(5,51)52)10-15-33-32(39(40,41)42)23-43-38(45-33)46-34-21-26(2)31(22-36(34)53-4)37(50)44-29-11-13-30(14-12-29)49-18-16-48(17-19-49)24-27-7-8-27/h6,9,20-23,27,29-30H,7-8,10-19,24H2,1-5H3,(H,44,50)(H,43,45,46). The van der Waals surface area contributed by atoms with E-state index in [1.54, 1.807) is 37.3 Å². The van der Waals surface area contributed by atoms with Crippen LogP contribution in [0.4, 0.5) is 30.5 Å². The highest BCUT2D eigenvalue weighted by Gasteiger charge is 2.35. The predicted molar refractivity (Wildman–Crippen MR) is 204 cm³/mol. The molecule has 11 nitrogen and oxygen atoms in total. The summed E-state index contributed by atoms with van der Waals surface area (Å²) < 4.78 is 73.7. The zero-order valence-electron chi connectivity index (χ0n) is 31.8. The molecule has 0 radical (unpaired) electrons. The summed E-state index contributed by atoms with van der Waals surface area (Å²) in [6, 6.07) is 9.16. The van der Waals surface area contributed by atoms with E-state index in [1.807, 2.05) is 6.92 Å². The maximum atomic E-state index is 14.1. The largest absolute Gasteiger partial charge is 0.495 e. The Balaban J connectivity index is 1.11. The van der Waals surface area contributed by atoms with E-state index >= 15 is 0 Å². The second-order valence-corrected chi connectivity index (χ2v) is 17.2. The van der Waals surface area contributed by atoms with E-state index in [0.29, 0.717) is 39.9 Å². The second kappa shape index (κ2) is 16.4. The van der Waals surface area contributed by atoms with Crippen molar-refractivity contribution in [2.24, 2.45) is 5.92 Å². The lowest BCUT2D eigenvalue weighted by Gasteiger charge is -2.42. The molecule has 3 aromatic rings. The minimum absolute atomic E-state index is 0.0774. The maximum Gasteiger partial charge on any atom is 0.419 e. The molecular weight excluding hydrogens is 720 g/mol. The number of anilines is 3. The summed E-state index contributed by atoms with van der Waals surface area (Å²) in [6.45, 7) is 9.39. The topological polar surface area (TPSA) is 120 Å². The monoisotopic (exact) mass is 771 g/mol. The fourth-order valence-electron chi connectivity index (χ4n) is 7.66. The van der Waals surface area contributed by atoms with E-state index in [9.17, 15) is 26.4 Å². The molecule has 6 rings (SSSR count). The zero-order valence-corrected chi connectivity index (χ0v) is 32.6. The van der Waals surface area contributed by atoms with Crippen molar-refractivity contribution in [3.63, 3.8) is 0 Å². The molecule has 54 heavy (non-hydrogen) atoms. The number of hydrogen-bond donors (Lipinski definition) is 2. The summed E-state index contributed by atoms with van der Waals surface area (Å²) in [7, 11) is -0.741. The number of carbonyl (C=O) groups is 1. The van der Waals surface area contributed by atoms with Gasteiger partial charge in [0.1, 0.15) is 5.75 Å².